The van der Waals surface area contributed by atoms with Crippen molar-refractivity contribution in [2.75, 3.05) is 4.90 Å². The molecule has 3 heteroatoms. The fraction of sp³-hybridized carbons (Fsp3) is 0. The van der Waals surface area contributed by atoms with Gasteiger partial charge in [-0.05, 0) is 59.0 Å². The highest BCUT2D eigenvalue weighted by Crippen LogP contribution is 2.48. The molecular weight excluding hydrogens is 550 g/mol. The van der Waals surface area contributed by atoms with E-state index >= 15 is 0 Å². The van der Waals surface area contributed by atoms with Crippen LogP contribution in [0.1, 0.15) is 37.0 Å². The smallest absolute Gasteiger partial charge is 0.159 e. The van der Waals surface area contributed by atoms with E-state index in [2.05, 4.69) is 0 Å². The zero-order valence-corrected chi connectivity index (χ0v) is 22.3. The number of para-hydroxylation sites is 3. The predicted octanol–water partition coefficient (Wildman–Crippen LogP) is 12.3. The number of anilines is 3. The summed E-state index contributed by atoms with van der Waals surface area (Å²) < 4.78 is 251. The molecule has 3 nitrogen and oxygen atoms in total. The van der Waals surface area contributed by atoms with Crippen molar-refractivity contribution in [1.82, 2.24) is 0 Å². The van der Waals surface area contributed by atoms with Crippen molar-refractivity contribution < 1.29 is 45.8 Å². The molecule has 9 rings (SSSR count). The van der Waals surface area contributed by atoms with Crippen LogP contribution in [0.3, 0.4) is 0 Å². The monoisotopic (exact) mass is 604 g/mol. The Balaban J connectivity index is 1.57. The molecule has 2 aromatic heterocycles. The first kappa shape index (κ1) is 10.3. The van der Waals surface area contributed by atoms with Gasteiger partial charge in [0.2, 0.25) is 0 Å². The molecule has 0 unspecified atom stereocenters. The number of furan rings is 2. The molecule has 0 spiro atoms. The van der Waals surface area contributed by atoms with Gasteiger partial charge in [-0.3, -0.25) is 0 Å². The third-order valence-electron chi connectivity index (χ3n) is 6.81. The van der Waals surface area contributed by atoms with E-state index in [0.717, 1.165) is 0 Å². The summed E-state index contributed by atoms with van der Waals surface area (Å²) in [5, 5.41) is -2.19. The molecule has 0 amide bonds. The number of hydrogen-bond acceptors (Lipinski definition) is 3. The predicted molar refractivity (Wildman–Crippen MR) is 187 cm³/mol. The van der Waals surface area contributed by atoms with Gasteiger partial charge in [0.05, 0.1) is 42.7 Å². The van der Waals surface area contributed by atoms with Gasteiger partial charge in [0.25, 0.3) is 0 Å². The van der Waals surface area contributed by atoms with E-state index in [9.17, 15) is 9.60 Å². The standard InChI is InChI=1S/C42H27NO2/c1-4-13-28(14-5-1)29-23-25-32(26-24-29)43(31-17-8-3-9-18-31)36-21-12-20-33-35-27-38-40(34-19-10-11-22-37(34)44-38)39(42(35)45-41(33)36)30-15-6-2-7-16-30/h1-27H/i1D,2D,3D,4D,5D,6D,7D,8D,9D,10D,11D,12D,13D,14D,15D,16D,17D,18D,19D,20D,21D,22D,23D,24D,25D,26D,27D. The average Bonchev–Trinajstić information content (AvgIpc) is 3.95. The van der Waals surface area contributed by atoms with E-state index in [1.54, 1.807) is 0 Å². The van der Waals surface area contributed by atoms with Crippen molar-refractivity contribution in [3.8, 4) is 22.3 Å². The van der Waals surface area contributed by atoms with Gasteiger partial charge in [0.1, 0.15) is 16.7 Å². The molecule has 0 N–H and O–H groups in total. The maximum atomic E-state index is 9.60. The maximum Gasteiger partial charge on any atom is 0.159 e. The molecule has 0 saturated carbocycles. The molecule has 0 fully saturated rings. The van der Waals surface area contributed by atoms with Gasteiger partial charge >= 0.3 is 0 Å². The molecule has 7 aromatic carbocycles. The lowest BCUT2D eigenvalue weighted by molar-refractivity contribution is 0.665. The Morgan fingerprint density at radius 2 is 1.02 bits per heavy atom. The highest BCUT2D eigenvalue weighted by molar-refractivity contribution is 6.24. The Bertz CT molecular complexity index is 3910. The Kier molecular flexibility index (Phi) is 2.34. The second-order valence-corrected chi connectivity index (χ2v) is 9.28. The summed E-state index contributed by atoms with van der Waals surface area (Å²) in [4.78, 5) is 0.445. The largest absolute Gasteiger partial charge is 0.456 e. The van der Waals surface area contributed by atoms with Crippen LogP contribution in [-0.2, 0) is 0 Å². The summed E-state index contributed by atoms with van der Waals surface area (Å²) in [7, 11) is 0. The Morgan fingerprint density at radius 1 is 0.422 bits per heavy atom. The molecular formula is C42H27NO2. The first-order valence-corrected chi connectivity index (χ1v) is 13.0. The Hall–Kier alpha value is -6.06. The number of nitrogens with zero attached hydrogens (tertiary/aromatic N) is 1. The first-order chi connectivity index (χ1) is 33.6. The molecule has 0 aliphatic carbocycles. The highest BCUT2D eigenvalue weighted by Gasteiger charge is 2.24. The normalized spacial score (nSPS) is 20.0. The van der Waals surface area contributed by atoms with E-state index < -0.39 is 246 Å². The Morgan fingerprint density at radius 3 is 1.78 bits per heavy atom. The minimum absolute atomic E-state index is 0.445. The lowest BCUT2D eigenvalue weighted by Gasteiger charge is -2.25. The summed E-state index contributed by atoms with van der Waals surface area (Å²) in [6, 6.07) is -26.1. The topological polar surface area (TPSA) is 29.5 Å². The van der Waals surface area contributed by atoms with Crippen LogP contribution in [0.4, 0.5) is 17.1 Å². The van der Waals surface area contributed by atoms with Crippen molar-refractivity contribution in [1.29, 1.82) is 0 Å². The van der Waals surface area contributed by atoms with E-state index in [1.165, 1.54) is 0 Å². The van der Waals surface area contributed by atoms with Gasteiger partial charge in [0.15, 0.2) is 5.58 Å². The van der Waals surface area contributed by atoms with Crippen LogP contribution in [0.25, 0.3) is 66.1 Å². The molecule has 2 heterocycles. The van der Waals surface area contributed by atoms with Crippen LogP contribution in [-0.4, -0.2) is 0 Å². The van der Waals surface area contributed by atoms with E-state index in [-0.39, 0.29) is 0 Å². The first-order valence-electron chi connectivity index (χ1n) is 26.5. The summed E-state index contributed by atoms with van der Waals surface area (Å²) in [5.74, 6) is 0. The molecule has 45 heavy (non-hydrogen) atoms. The quantitative estimate of drug-likeness (QED) is 0.196. The van der Waals surface area contributed by atoms with Crippen LogP contribution in [0.15, 0.2) is 172 Å². The van der Waals surface area contributed by atoms with Gasteiger partial charge in [-0.15, -0.1) is 0 Å². The number of rotatable bonds is 5. The van der Waals surface area contributed by atoms with Crippen molar-refractivity contribution in [3.63, 3.8) is 0 Å². The number of hydrogen-bond donors (Lipinski definition) is 0. The molecule has 0 saturated heterocycles. The molecule has 0 aliphatic heterocycles. The molecule has 9 aromatic rings. The fourth-order valence-corrected chi connectivity index (χ4v) is 4.98. The third-order valence-corrected chi connectivity index (χ3v) is 6.81. The second-order valence-electron chi connectivity index (χ2n) is 9.28. The summed E-state index contributed by atoms with van der Waals surface area (Å²) >= 11 is 0. The van der Waals surface area contributed by atoms with Crippen molar-refractivity contribution in [2.24, 2.45) is 0 Å². The molecule has 0 bridgehead atoms. The van der Waals surface area contributed by atoms with Gasteiger partial charge in [0, 0.05) is 38.5 Å². The summed E-state index contributed by atoms with van der Waals surface area (Å²) in [6.07, 6.45) is 0. The third kappa shape index (κ3) is 4.13. The van der Waals surface area contributed by atoms with Gasteiger partial charge in [-0.2, -0.15) is 0 Å². The highest BCUT2D eigenvalue weighted by atomic mass is 16.3. The number of benzene rings is 7. The molecule has 0 radical (unpaired) electrons. The minimum Gasteiger partial charge on any atom is -0.456 e. The van der Waals surface area contributed by atoms with E-state index in [0.29, 0.717) is 4.90 Å². The second kappa shape index (κ2) is 10.3. The van der Waals surface area contributed by atoms with Gasteiger partial charge in [-0.1, -0.05) is 121 Å². The van der Waals surface area contributed by atoms with Crippen LogP contribution < -0.4 is 4.90 Å². The fourth-order valence-electron chi connectivity index (χ4n) is 4.98. The lowest BCUT2D eigenvalue weighted by atomic mass is 9.96. The zero-order valence-electron chi connectivity index (χ0n) is 49.3. The molecule has 0 atom stereocenters. The van der Waals surface area contributed by atoms with Gasteiger partial charge in [-0.25, -0.2) is 0 Å². The Labute approximate surface area is 298 Å². The van der Waals surface area contributed by atoms with Crippen LogP contribution in [0.2, 0.25) is 0 Å². The SMILES string of the molecule is [2H]c1c([2H])c([2H])c(-c2c([2H])c([2H])c(N(c3c([2H])c([2H])c([2H])c([2H])c3[2H])c3c([2H])c([2H])c([2H])c4c3oc3c(-c5c([2H])c([2H])c([2H])c([2H])c5[2H])c5c(oc6c([2H])c([2H])c([2H])c([2H])c65)c([2H])c34)c([2H])c2[2H])c([2H])c1[2H]. The van der Waals surface area contributed by atoms with Gasteiger partial charge < -0.3 is 13.7 Å². The number of fused-ring (bicyclic) bond motifs is 6. The molecule has 0 aliphatic rings. The maximum absolute atomic E-state index is 9.60. The summed E-state index contributed by atoms with van der Waals surface area (Å²) in [5.41, 5.74) is -8.71. The lowest BCUT2D eigenvalue weighted by Crippen LogP contribution is -2.10. The van der Waals surface area contributed by atoms with Crippen molar-refractivity contribution in [2.45, 2.75) is 0 Å². The van der Waals surface area contributed by atoms with Crippen LogP contribution in [0.5, 0.6) is 0 Å². The van der Waals surface area contributed by atoms with Crippen molar-refractivity contribution in [3.05, 3.63) is 163 Å². The van der Waals surface area contributed by atoms with Crippen LogP contribution in [0, 0.1) is 0 Å². The summed E-state index contributed by atoms with van der Waals surface area (Å²) in [6.45, 7) is 0. The minimum atomic E-state index is -1.19. The van der Waals surface area contributed by atoms with Crippen molar-refractivity contribution >= 4 is 60.9 Å². The molecule has 212 valence electrons. The van der Waals surface area contributed by atoms with Crippen LogP contribution >= 0.6 is 0 Å². The van der Waals surface area contributed by atoms with E-state index in [4.69, 9.17) is 36.2 Å². The average molecular weight is 605 g/mol. The zero-order chi connectivity index (χ0) is 53.2. The van der Waals surface area contributed by atoms with E-state index in [1.807, 2.05) is 0 Å².